The summed E-state index contributed by atoms with van der Waals surface area (Å²) < 4.78 is 30.7. The van der Waals surface area contributed by atoms with Crippen LogP contribution in [-0.4, -0.2) is 44.2 Å². The van der Waals surface area contributed by atoms with Gasteiger partial charge in [-0.2, -0.15) is 8.42 Å². The van der Waals surface area contributed by atoms with Crippen molar-refractivity contribution in [1.82, 2.24) is 4.90 Å². The van der Waals surface area contributed by atoms with Crippen molar-refractivity contribution in [2.75, 3.05) is 13.1 Å². The molecule has 0 bridgehead atoms. The van der Waals surface area contributed by atoms with E-state index in [0.717, 1.165) is 0 Å². The van der Waals surface area contributed by atoms with Gasteiger partial charge in [0, 0.05) is 0 Å². The van der Waals surface area contributed by atoms with Crippen molar-refractivity contribution >= 4 is 16.4 Å². The molecule has 0 aromatic carbocycles. The second-order valence-corrected chi connectivity index (χ2v) is 5.77. The van der Waals surface area contributed by atoms with E-state index in [1.54, 1.807) is 20.8 Å². The molecule has 0 saturated carbocycles. The maximum Gasteiger partial charge on any atom is 0.410 e. The first-order valence-corrected chi connectivity index (χ1v) is 6.23. The van der Waals surface area contributed by atoms with Gasteiger partial charge in [-0.3, -0.25) is 4.18 Å². The minimum Gasteiger partial charge on any atom is -0.444 e. The number of nitrogens with zero attached hydrogens (tertiary/aromatic N) is 1. The molecule has 16 heavy (non-hydrogen) atoms. The highest BCUT2D eigenvalue weighted by Crippen LogP contribution is 2.17. The zero-order valence-corrected chi connectivity index (χ0v) is 10.3. The van der Waals surface area contributed by atoms with Crippen LogP contribution in [0.3, 0.4) is 0 Å². The molecular weight excluding hydrogens is 236 g/mol. The normalized spacial score (nSPS) is 18.1. The summed E-state index contributed by atoms with van der Waals surface area (Å²) in [6.07, 6.45) is -1.05. The average molecular weight is 252 g/mol. The van der Waals surface area contributed by atoms with Gasteiger partial charge in [0.2, 0.25) is 0 Å². The van der Waals surface area contributed by atoms with E-state index in [-0.39, 0.29) is 13.1 Å². The topological polar surface area (TPSA) is 98.9 Å². The smallest absolute Gasteiger partial charge is 0.410 e. The number of ether oxygens (including phenoxy) is 1. The minimum absolute atomic E-state index is 0.172. The van der Waals surface area contributed by atoms with Crippen molar-refractivity contribution in [2.24, 2.45) is 5.14 Å². The van der Waals surface area contributed by atoms with Crippen LogP contribution in [0.1, 0.15) is 20.8 Å². The Labute approximate surface area is 94.7 Å². The van der Waals surface area contributed by atoms with E-state index < -0.39 is 28.1 Å². The fourth-order valence-corrected chi connectivity index (χ4v) is 1.67. The molecule has 7 nitrogen and oxygen atoms in total. The lowest BCUT2D eigenvalue weighted by Crippen LogP contribution is -2.56. The van der Waals surface area contributed by atoms with Gasteiger partial charge in [-0.25, -0.2) is 9.93 Å². The lowest BCUT2D eigenvalue weighted by Gasteiger charge is -2.38. The number of carbonyl (C=O) groups is 1. The van der Waals surface area contributed by atoms with Gasteiger partial charge >= 0.3 is 16.4 Å². The summed E-state index contributed by atoms with van der Waals surface area (Å²) in [5.41, 5.74) is -0.566. The third-order valence-electron chi connectivity index (χ3n) is 1.77. The fourth-order valence-electron chi connectivity index (χ4n) is 1.16. The van der Waals surface area contributed by atoms with Gasteiger partial charge in [0.15, 0.2) is 0 Å². The molecule has 2 N–H and O–H groups in total. The van der Waals surface area contributed by atoms with Crippen molar-refractivity contribution in [3.8, 4) is 0 Å². The largest absolute Gasteiger partial charge is 0.444 e. The third-order valence-corrected chi connectivity index (χ3v) is 2.31. The second-order valence-electron chi connectivity index (χ2n) is 4.60. The van der Waals surface area contributed by atoms with Crippen molar-refractivity contribution in [3.63, 3.8) is 0 Å². The van der Waals surface area contributed by atoms with Crippen LogP contribution in [0.5, 0.6) is 0 Å². The van der Waals surface area contributed by atoms with E-state index >= 15 is 0 Å². The molecule has 1 amide bonds. The Hall–Kier alpha value is -0.860. The fraction of sp³-hybridized carbons (Fsp3) is 0.875. The molecule has 1 saturated heterocycles. The van der Waals surface area contributed by atoms with Crippen LogP contribution in [0.4, 0.5) is 4.79 Å². The van der Waals surface area contributed by atoms with E-state index in [1.165, 1.54) is 4.90 Å². The molecule has 8 heteroatoms. The lowest BCUT2D eigenvalue weighted by atomic mass is 10.2. The van der Waals surface area contributed by atoms with Gasteiger partial charge < -0.3 is 9.64 Å². The van der Waals surface area contributed by atoms with Crippen molar-refractivity contribution < 1.29 is 22.1 Å². The van der Waals surface area contributed by atoms with E-state index in [2.05, 4.69) is 9.32 Å². The molecule has 0 atom stereocenters. The van der Waals surface area contributed by atoms with E-state index in [1.807, 2.05) is 0 Å². The molecule has 1 aliphatic rings. The Morgan fingerprint density at radius 2 is 1.88 bits per heavy atom. The predicted octanol–water partition coefficient (Wildman–Crippen LogP) is -0.174. The highest BCUT2D eigenvalue weighted by molar-refractivity contribution is 7.84. The Morgan fingerprint density at radius 3 is 2.25 bits per heavy atom. The lowest BCUT2D eigenvalue weighted by molar-refractivity contribution is -0.0206. The average Bonchev–Trinajstić information content (AvgIpc) is 1.89. The van der Waals surface area contributed by atoms with Crippen LogP contribution in [0.15, 0.2) is 0 Å². The summed E-state index contributed by atoms with van der Waals surface area (Å²) in [4.78, 5) is 12.8. The van der Waals surface area contributed by atoms with Gasteiger partial charge in [-0.15, -0.1) is 0 Å². The van der Waals surface area contributed by atoms with Crippen LogP contribution in [0.2, 0.25) is 0 Å². The first-order chi connectivity index (χ1) is 7.07. The summed E-state index contributed by atoms with van der Waals surface area (Å²) in [6.45, 7) is 5.60. The van der Waals surface area contributed by atoms with E-state index in [9.17, 15) is 13.2 Å². The number of hydrogen-bond donors (Lipinski definition) is 1. The standard InChI is InChI=1S/C8H16N2O5S/c1-8(2,3)14-7(11)10-4-6(5-10)15-16(9,12)13/h6H,4-5H2,1-3H3,(H2,9,12,13). The van der Waals surface area contributed by atoms with Crippen molar-refractivity contribution in [2.45, 2.75) is 32.5 Å². The minimum atomic E-state index is -3.95. The first-order valence-electron chi connectivity index (χ1n) is 4.76. The molecule has 1 aliphatic heterocycles. The van der Waals surface area contributed by atoms with Crippen LogP contribution < -0.4 is 5.14 Å². The summed E-state index contributed by atoms with van der Waals surface area (Å²) in [5, 5.41) is 4.68. The second kappa shape index (κ2) is 4.19. The number of likely N-dealkylation sites (tertiary alicyclic amines) is 1. The maximum absolute atomic E-state index is 11.4. The Morgan fingerprint density at radius 1 is 1.38 bits per heavy atom. The quantitative estimate of drug-likeness (QED) is 0.735. The van der Waals surface area contributed by atoms with Gasteiger partial charge in [0.25, 0.3) is 0 Å². The van der Waals surface area contributed by atoms with Gasteiger partial charge in [0.1, 0.15) is 11.7 Å². The number of hydrogen-bond acceptors (Lipinski definition) is 5. The Bertz CT molecular complexity index is 366. The van der Waals surface area contributed by atoms with Crippen molar-refractivity contribution in [3.05, 3.63) is 0 Å². The van der Waals surface area contributed by atoms with Crippen molar-refractivity contribution in [1.29, 1.82) is 0 Å². The van der Waals surface area contributed by atoms with Gasteiger partial charge in [-0.1, -0.05) is 0 Å². The van der Waals surface area contributed by atoms with Crippen LogP contribution in [0, 0.1) is 0 Å². The van der Waals surface area contributed by atoms with E-state index in [4.69, 9.17) is 4.74 Å². The third kappa shape index (κ3) is 4.33. The summed E-state index contributed by atoms with van der Waals surface area (Å²) in [7, 11) is -3.95. The molecule has 1 rings (SSSR count). The Balaban J connectivity index is 2.34. The zero-order valence-electron chi connectivity index (χ0n) is 9.47. The highest BCUT2D eigenvalue weighted by Gasteiger charge is 2.36. The van der Waals surface area contributed by atoms with Gasteiger partial charge in [0.05, 0.1) is 13.1 Å². The number of nitrogens with two attached hydrogens (primary N) is 1. The Kier molecular flexibility index (Phi) is 3.46. The summed E-state index contributed by atoms with van der Waals surface area (Å²) >= 11 is 0. The monoisotopic (exact) mass is 252 g/mol. The molecule has 0 aromatic heterocycles. The summed E-state index contributed by atoms with van der Waals surface area (Å²) in [6, 6.07) is 0. The van der Waals surface area contributed by atoms with Crippen LogP contribution >= 0.6 is 0 Å². The molecule has 94 valence electrons. The summed E-state index contributed by atoms with van der Waals surface area (Å²) in [5.74, 6) is 0. The molecular formula is C8H16N2O5S. The molecule has 0 aromatic rings. The molecule has 1 heterocycles. The highest BCUT2D eigenvalue weighted by atomic mass is 32.2. The van der Waals surface area contributed by atoms with E-state index in [0.29, 0.717) is 0 Å². The molecule has 0 aliphatic carbocycles. The molecule has 0 radical (unpaired) electrons. The number of carbonyl (C=O) groups excluding carboxylic acids is 1. The maximum atomic E-state index is 11.4. The zero-order chi connectivity index (χ0) is 12.6. The first kappa shape index (κ1) is 13.2. The number of amides is 1. The van der Waals surface area contributed by atoms with Crippen LogP contribution in [-0.2, 0) is 19.2 Å². The van der Waals surface area contributed by atoms with Crippen LogP contribution in [0.25, 0.3) is 0 Å². The predicted molar refractivity (Wildman–Crippen MR) is 55.8 cm³/mol. The van der Waals surface area contributed by atoms with Gasteiger partial charge in [-0.05, 0) is 20.8 Å². The molecule has 1 fully saturated rings. The SMILES string of the molecule is CC(C)(C)OC(=O)N1CC(OS(N)(=O)=O)C1. The number of rotatable bonds is 2. The molecule has 0 unspecified atom stereocenters. The molecule has 0 spiro atoms.